The number of nitrogens with zero attached hydrogens (tertiary/aromatic N) is 5. The van der Waals surface area contributed by atoms with E-state index in [9.17, 15) is 18.0 Å². The lowest BCUT2D eigenvalue weighted by atomic mass is 10.0. The van der Waals surface area contributed by atoms with E-state index in [0.29, 0.717) is 31.5 Å². The molecular formula is C23H19F3N6O. The van der Waals surface area contributed by atoms with E-state index in [2.05, 4.69) is 20.3 Å². The first kappa shape index (κ1) is 22.2. The van der Waals surface area contributed by atoms with Crippen LogP contribution in [-0.2, 0) is 17.4 Å². The number of carbonyl (C=O) groups is 1. The van der Waals surface area contributed by atoms with Crippen molar-refractivity contribution in [3.63, 3.8) is 0 Å². The van der Waals surface area contributed by atoms with Gasteiger partial charge in [-0.15, -0.1) is 0 Å². The highest BCUT2D eigenvalue weighted by Crippen LogP contribution is 2.33. The molecule has 0 spiro atoms. The molecule has 0 bridgehead atoms. The zero-order chi connectivity index (χ0) is 23.4. The third-order valence-electron chi connectivity index (χ3n) is 5.31. The first-order valence-corrected chi connectivity index (χ1v) is 10.3. The molecule has 0 aliphatic carbocycles. The largest absolute Gasteiger partial charge is 0.451 e. The summed E-state index contributed by atoms with van der Waals surface area (Å²) < 4.78 is 40.3. The summed E-state index contributed by atoms with van der Waals surface area (Å²) in [6.07, 6.45) is -2.19. The molecule has 1 amide bonds. The Balaban J connectivity index is 1.47. The zero-order valence-corrected chi connectivity index (χ0v) is 17.4. The number of halogens is 3. The van der Waals surface area contributed by atoms with E-state index in [1.165, 1.54) is 12.3 Å². The van der Waals surface area contributed by atoms with Crippen LogP contribution in [0.4, 0.5) is 19.0 Å². The van der Waals surface area contributed by atoms with Gasteiger partial charge in [-0.2, -0.15) is 18.4 Å². The van der Waals surface area contributed by atoms with E-state index in [-0.39, 0.29) is 23.1 Å². The van der Waals surface area contributed by atoms with E-state index in [1.54, 1.807) is 35.2 Å². The van der Waals surface area contributed by atoms with Gasteiger partial charge in [0.1, 0.15) is 11.9 Å². The molecule has 10 heteroatoms. The van der Waals surface area contributed by atoms with Crippen molar-refractivity contribution in [1.29, 1.82) is 5.26 Å². The van der Waals surface area contributed by atoms with Crippen molar-refractivity contribution in [3.05, 3.63) is 71.7 Å². The number of nitrogens with one attached hydrogen (secondary N) is 1. The summed E-state index contributed by atoms with van der Waals surface area (Å²) in [4.78, 5) is 25.6. The molecule has 4 rings (SSSR count). The quantitative estimate of drug-likeness (QED) is 0.616. The van der Waals surface area contributed by atoms with Crippen molar-refractivity contribution in [2.45, 2.75) is 25.1 Å². The zero-order valence-electron chi connectivity index (χ0n) is 17.4. The minimum absolute atomic E-state index is 0.0384. The average molecular weight is 452 g/mol. The fourth-order valence-electron chi connectivity index (χ4n) is 3.48. The predicted molar refractivity (Wildman–Crippen MR) is 114 cm³/mol. The lowest BCUT2D eigenvalue weighted by Crippen LogP contribution is -2.57. The Hall–Kier alpha value is -4.00. The minimum Gasteiger partial charge on any atom is -0.354 e. The summed E-state index contributed by atoms with van der Waals surface area (Å²) in [7, 11) is 0. The number of pyridine rings is 1. The van der Waals surface area contributed by atoms with Crippen molar-refractivity contribution in [3.8, 4) is 17.5 Å². The normalized spacial score (nSPS) is 15.5. The maximum atomic E-state index is 13.4. The molecule has 1 unspecified atom stereocenters. The summed E-state index contributed by atoms with van der Waals surface area (Å²) in [5.74, 6) is -1.51. The Morgan fingerprint density at radius 3 is 2.55 bits per heavy atom. The number of nitriles is 1. The topological polar surface area (TPSA) is 94.8 Å². The fourth-order valence-corrected chi connectivity index (χ4v) is 3.48. The Morgan fingerprint density at radius 2 is 1.94 bits per heavy atom. The molecular weight excluding hydrogens is 433 g/mol. The molecule has 33 heavy (non-hydrogen) atoms. The molecule has 1 N–H and O–H groups in total. The van der Waals surface area contributed by atoms with Crippen molar-refractivity contribution in [2.75, 3.05) is 18.0 Å². The van der Waals surface area contributed by atoms with Gasteiger partial charge in [0.05, 0.1) is 23.0 Å². The smallest absolute Gasteiger partial charge is 0.354 e. The number of benzene rings is 1. The third kappa shape index (κ3) is 5.09. The SMILES string of the molecule is N#Cc1ccc(CCNC(=O)C2CCN2c2cc(-c3ccccn3)nc(C(F)(F)F)n2)cc1. The van der Waals surface area contributed by atoms with Crippen LogP contribution in [0.1, 0.15) is 23.4 Å². The summed E-state index contributed by atoms with van der Waals surface area (Å²) in [6, 6.07) is 14.8. The number of alkyl halides is 3. The van der Waals surface area contributed by atoms with Gasteiger partial charge in [0.15, 0.2) is 0 Å². The van der Waals surface area contributed by atoms with Crippen LogP contribution in [0.3, 0.4) is 0 Å². The number of hydrogen-bond acceptors (Lipinski definition) is 6. The molecule has 2 aromatic heterocycles. The van der Waals surface area contributed by atoms with E-state index in [1.807, 2.05) is 18.2 Å². The summed E-state index contributed by atoms with van der Waals surface area (Å²) >= 11 is 0. The second-order valence-corrected chi connectivity index (χ2v) is 7.50. The molecule has 3 aromatic rings. The van der Waals surface area contributed by atoms with E-state index in [0.717, 1.165) is 5.56 Å². The number of aromatic nitrogens is 3. The standard InChI is InChI=1S/C23H19F3N6O/c24-23(25,26)22-30-18(17-3-1-2-10-28-17)13-20(31-22)32-12-9-19(32)21(33)29-11-8-15-4-6-16(14-27)7-5-15/h1-7,10,13,19H,8-9,11-12H2,(H,29,33). The number of carbonyl (C=O) groups excluding carboxylic acids is 1. The van der Waals surface area contributed by atoms with Crippen LogP contribution >= 0.6 is 0 Å². The van der Waals surface area contributed by atoms with Gasteiger partial charge in [0.2, 0.25) is 11.7 Å². The number of amides is 1. The van der Waals surface area contributed by atoms with E-state index in [4.69, 9.17) is 5.26 Å². The minimum atomic E-state index is -4.73. The lowest BCUT2D eigenvalue weighted by Gasteiger charge is -2.40. The van der Waals surface area contributed by atoms with Crippen LogP contribution in [-0.4, -0.2) is 40.0 Å². The van der Waals surface area contributed by atoms with Gasteiger partial charge in [-0.25, -0.2) is 9.97 Å². The molecule has 1 fully saturated rings. The van der Waals surface area contributed by atoms with Crippen LogP contribution in [0.25, 0.3) is 11.4 Å². The van der Waals surface area contributed by atoms with Gasteiger partial charge in [-0.3, -0.25) is 9.78 Å². The first-order chi connectivity index (χ1) is 15.8. The molecule has 3 heterocycles. The van der Waals surface area contributed by atoms with Gasteiger partial charge in [0, 0.05) is 25.4 Å². The van der Waals surface area contributed by atoms with Gasteiger partial charge in [-0.1, -0.05) is 18.2 Å². The molecule has 1 aliphatic rings. The Bertz CT molecular complexity index is 1180. The highest BCUT2D eigenvalue weighted by molar-refractivity contribution is 5.86. The summed E-state index contributed by atoms with van der Waals surface area (Å²) in [6.45, 7) is 0.773. The number of rotatable bonds is 6. The maximum absolute atomic E-state index is 13.4. The average Bonchev–Trinajstić information content (AvgIpc) is 2.78. The van der Waals surface area contributed by atoms with E-state index < -0.39 is 18.0 Å². The van der Waals surface area contributed by atoms with Crippen molar-refractivity contribution < 1.29 is 18.0 Å². The monoisotopic (exact) mass is 452 g/mol. The summed E-state index contributed by atoms with van der Waals surface area (Å²) in [5, 5.41) is 11.7. The van der Waals surface area contributed by atoms with Gasteiger partial charge in [0.25, 0.3) is 0 Å². The molecule has 1 atom stereocenters. The van der Waals surface area contributed by atoms with Gasteiger partial charge < -0.3 is 10.2 Å². The molecule has 1 aromatic carbocycles. The lowest BCUT2D eigenvalue weighted by molar-refractivity contribution is -0.144. The first-order valence-electron chi connectivity index (χ1n) is 10.3. The van der Waals surface area contributed by atoms with Crippen molar-refractivity contribution in [1.82, 2.24) is 20.3 Å². The van der Waals surface area contributed by atoms with E-state index >= 15 is 0 Å². The molecule has 7 nitrogen and oxygen atoms in total. The molecule has 168 valence electrons. The van der Waals surface area contributed by atoms with Crippen molar-refractivity contribution in [2.24, 2.45) is 0 Å². The van der Waals surface area contributed by atoms with Gasteiger partial charge in [-0.05, 0) is 42.7 Å². The Kier molecular flexibility index (Phi) is 6.22. The van der Waals surface area contributed by atoms with Crippen molar-refractivity contribution >= 4 is 11.7 Å². The molecule has 0 radical (unpaired) electrons. The number of hydrogen-bond donors (Lipinski definition) is 1. The highest BCUT2D eigenvalue weighted by Gasteiger charge is 2.39. The third-order valence-corrected chi connectivity index (χ3v) is 5.31. The molecule has 0 saturated carbocycles. The molecule has 1 saturated heterocycles. The highest BCUT2D eigenvalue weighted by atomic mass is 19.4. The van der Waals surface area contributed by atoms with Crippen LogP contribution in [0, 0.1) is 11.3 Å². The second kappa shape index (κ2) is 9.24. The Morgan fingerprint density at radius 1 is 1.15 bits per heavy atom. The predicted octanol–water partition coefficient (Wildman–Crippen LogP) is 3.37. The van der Waals surface area contributed by atoms with Crippen LogP contribution < -0.4 is 10.2 Å². The summed E-state index contributed by atoms with van der Waals surface area (Å²) in [5.41, 5.74) is 1.85. The van der Waals surface area contributed by atoms with Gasteiger partial charge >= 0.3 is 6.18 Å². The maximum Gasteiger partial charge on any atom is 0.451 e. The molecule has 1 aliphatic heterocycles. The van der Waals surface area contributed by atoms with Crippen LogP contribution in [0.15, 0.2) is 54.7 Å². The number of anilines is 1. The Labute approximate surface area is 187 Å². The second-order valence-electron chi connectivity index (χ2n) is 7.50. The van der Waals surface area contributed by atoms with Crippen LogP contribution in [0.2, 0.25) is 0 Å². The van der Waals surface area contributed by atoms with Crippen LogP contribution in [0.5, 0.6) is 0 Å². The fraction of sp³-hybridized carbons (Fsp3) is 0.261.